The first kappa shape index (κ1) is 14.3. The summed E-state index contributed by atoms with van der Waals surface area (Å²) >= 11 is 5.86. The molecule has 0 aliphatic carbocycles. The molecule has 2 rings (SSSR count). The number of amides is 2. The zero-order valence-corrected chi connectivity index (χ0v) is 11.4. The highest BCUT2D eigenvalue weighted by molar-refractivity contribution is 6.39. The van der Waals surface area contributed by atoms with Crippen LogP contribution in [0.2, 0.25) is 5.02 Å². The third-order valence-electron chi connectivity index (χ3n) is 2.95. The normalized spacial score (nSPS) is 14.5. The summed E-state index contributed by atoms with van der Waals surface area (Å²) in [6, 6.07) is 6.40. The largest absolute Gasteiger partial charge is 0.332 e. The average molecular weight is 293 g/mol. The van der Waals surface area contributed by atoms with Gasteiger partial charge in [-0.3, -0.25) is 9.59 Å². The number of anilines is 1. The predicted molar refractivity (Wildman–Crippen MR) is 74.2 cm³/mol. The standard InChI is InChI=1S/C13H13ClN4O2/c14-11-7-10(2-1-9(11)8-15)17-12(19)13(20)18-5-3-16-4-6-18/h1-2,7,16H,3-6H2,(H,17,19). The maximum atomic E-state index is 11.9. The number of hydrogen-bond acceptors (Lipinski definition) is 4. The van der Waals surface area contributed by atoms with Gasteiger partial charge in [-0.25, -0.2) is 0 Å². The minimum atomic E-state index is -0.701. The monoisotopic (exact) mass is 292 g/mol. The van der Waals surface area contributed by atoms with Gasteiger partial charge >= 0.3 is 11.8 Å². The van der Waals surface area contributed by atoms with Crippen molar-refractivity contribution in [1.29, 1.82) is 5.26 Å². The zero-order valence-electron chi connectivity index (χ0n) is 10.6. The number of carbonyl (C=O) groups is 2. The van der Waals surface area contributed by atoms with Crippen molar-refractivity contribution in [1.82, 2.24) is 10.2 Å². The molecular formula is C13H13ClN4O2. The lowest BCUT2D eigenvalue weighted by molar-refractivity contribution is -0.143. The van der Waals surface area contributed by atoms with E-state index in [1.54, 1.807) is 0 Å². The fraction of sp³-hybridized carbons (Fsp3) is 0.308. The van der Waals surface area contributed by atoms with Crippen LogP contribution < -0.4 is 10.6 Å². The molecule has 1 saturated heterocycles. The van der Waals surface area contributed by atoms with Crippen molar-refractivity contribution >= 4 is 29.1 Å². The summed E-state index contributed by atoms with van der Waals surface area (Å²) in [5.41, 5.74) is 0.709. The van der Waals surface area contributed by atoms with Gasteiger partial charge in [-0.1, -0.05) is 11.6 Å². The fourth-order valence-corrected chi connectivity index (χ4v) is 2.10. The Morgan fingerprint density at radius 3 is 2.65 bits per heavy atom. The summed E-state index contributed by atoms with van der Waals surface area (Å²) in [4.78, 5) is 25.3. The zero-order chi connectivity index (χ0) is 14.5. The van der Waals surface area contributed by atoms with Crippen molar-refractivity contribution in [3.63, 3.8) is 0 Å². The number of benzene rings is 1. The molecule has 0 aromatic heterocycles. The lowest BCUT2D eigenvalue weighted by Gasteiger charge is -2.26. The second-order valence-corrected chi connectivity index (χ2v) is 4.71. The summed E-state index contributed by atoms with van der Waals surface area (Å²) in [7, 11) is 0. The topological polar surface area (TPSA) is 85.2 Å². The number of hydrogen-bond donors (Lipinski definition) is 2. The minimum absolute atomic E-state index is 0.236. The smallest absolute Gasteiger partial charge is 0.313 e. The van der Waals surface area contributed by atoms with Gasteiger partial charge in [0.1, 0.15) is 6.07 Å². The summed E-state index contributed by atoms with van der Waals surface area (Å²) in [5.74, 6) is -1.26. The van der Waals surface area contributed by atoms with E-state index in [1.165, 1.54) is 23.1 Å². The molecule has 1 aliphatic heterocycles. The number of carbonyl (C=O) groups excluding carboxylic acids is 2. The van der Waals surface area contributed by atoms with E-state index >= 15 is 0 Å². The van der Waals surface area contributed by atoms with Crippen LogP contribution in [-0.4, -0.2) is 42.9 Å². The van der Waals surface area contributed by atoms with Gasteiger partial charge in [-0.15, -0.1) is 0 Å². The molecule has 7 heteroatoms. The van der Waals surface area contributed by atoms with Gasteiger partial charge in [0.15, 0.2) is 0 Å². The van der Waals surface area contributed by atoms with Gasteiger partial charge in [-0.05, 0) is 18.2 Å². The Labute approximate surface area is 121 Å². The number of piperazine rings is 1. The number of nitrogens with zero attached hydrogens (tertiary/aromatic N) is 2. The molecule has 2 amide bonds. The minimum Gasteiger partial charge on any atom is -0.332 e. The van der Waals surface area contributed by atoms with Gasteiger partial charge in [0.25, 0.3) is 0 Å². The predicted octanol–water partition coefficient (Wildman–Crippen LogP) is 0.582. The van der Waals surface area contributed by atoms with Crippen LogP contribution in [0.15, 0.2) is 18.2 Å². The Kier molecular flexibility index (Phi) is 4.56. The van der Waals surface area contributed by atoms with Gasteiger partial charge in [0.2, 0.25) is 0 Å². The molecule has 0 spiro atoms. The Morgan fingerprint density at radius 2 is 2.05 bits per heavy atom. The third-order valence-corrected chi connectivity index (χ3v) is 3.26. The van der Waals surface area contributed by atoms with E-state index in [2.05, 4.69) is 10.6 Å². The molecule has 104 valence electrons. The number of nitriles is 1. The lowest BCUT2D eigenvalue weighted by atomic mass is 10.2. The van der Waals surface area contributed by atoms with E-state index in [1.807, 2.05) is 6.07 Å². The molecule has 1 aromatic carbocycles. The van der Waals surface area contributed by atoms with Gasteiger partial charge < -0.3 is 15.5 Å². The Morgan fingerprint density at radius 1 is 1.35 bits per heavy atom. The van der Waals surface area contributed by atoms with E-state index in [-0.39, 0.29) is 5.02 Å². The van der Waals surface area contributed by atoms with Crippen molar-refractivity contribution in [2.24, 2.45) is 0 Å². The quantitative estimate of drug-likeness (QED) is 0.742. The van der Waals surface area contributed by atoms with E-state index in [0.717, 1.165) is 0 Å². The molecule has 2 N–H and O–H groups in total. The number of rotatable bonds is 1. The highest BCUT2D eigenvalue weighted by Gasteiger charge is 2.23. The van der Waals surface area contributed by atoms with Gasteiger partial charge in [0, 0.05) is 31.9 Å². The van der Waals surface area contributed by atoms with Crippen molar-refractivity contribution < 1.29 is 9.59 Å². The Bertz CT molecular complexity index is 576. The molecule has 20 heavy (non-hydrogen) atoms. The molecule has 1 aliphatic rings. The molecule has 1 heterocycles. The molecular weight excluding hydrogens is 280 g/mol. The Hall–Kier alpha value is -2.10. The summed E-state index contributed by atoms with van der Waals surface area (Å²) in [6.45, 7) is 2.39. The van der Waals surface area contributed by atoms with E-state index in [4.69, 9.17) is 16.9 Å². The van der Waals surface area contributed by atoms with Crippen LogP contribution in [-0.2, 0) is 9.59 Å². The SMILES string of the molecule is N#Cc1ccc(NC(=O)C(=O)N2CCNCC2)cc1Cl. The van der Waals surface area contributed by atoms with E-state index in [9.17, 15) is 9.59 Å². The summed E-state index contributed by atoms with van der Waals surface area (Å²) < 4.78 is 0. The summed E-state index contributed by atoms with van der Waals surface area (Å²) in [6.07, 6.45) is 0. The second kappa shape index (κ2) is 6.37. The highest BCUT2D eigenvalue weighted by atomic mass is 35.5. The molecule has 0 bridgehead atoms. The maximum Gasteiger partial charge on any atom is 0.313 e. The molecule has 6 nitrogen and oxygen atoms in total. The number of nitrogens with one attached hydrogen (secondary N) is 2. The Balaban J connectivity index is 2.02. The molecule has 1 aromatic rings. The van der Waals surface area contributed by atoms with Crippen LogP contribution in [0.1, 0.15) is 5.56 Å². The van der Waals surface area contributed by atoms with E-state index < -0.39 is 11.8 Å². The van der Waals surface area contributed by atoms with Crippen LogP contribution >= 0.6 is 11.6 Å². The van der Waals surface area contributed by atoms with Crippen LogP contribution in [0.3, 0.4) is 0 Å². The van der Waals surface area contributed by atoms with Crippen LogP contribution in [0, 0.1) is 11.3 Å². The number of halogens is 1. The lowest BCUT2D eigenvalue weighted by Crippen LogP contribution is -2.49. The average Bonchev–Trinajstić information content (AvgIpc) is 2.47. The van der Waals surface area contributed by atoms with Crippen molar-refractivity contribution in [3.05, 3.63) is 28.8 Å². The fourth-order valence-electron chi connectivity index (χ4n) is 1.88. The molecule has 0 unspecified atom stereocenters. The third kappa shape index (κ3) is 3.26. The molecule has 0 saturated carbocycles. The van der Waals surface area contributed by atoms with Crippen LogP contribution in [0.4, 0.5) is 5.69 Å². The van der Waals surface area contributed by atoms with Crippen molar-refractivity contribution in [2.45, 2.75) is 0 Å². The molecule has 0 radical (unpaired) electrons. The summed E-state index contributed by atoms with van der Waals surface area (Å²) in [5, 5.41) is 14.6. The first-order valence-corrected chi connectivity index (χ1v) is 6.50. The van der Waals surface area contributed by atoms with E-state index in [0.29, 0.717) is 37.4 Å². The maximum absolute atomic E-state index is 11.9. The second-order valence-electron chi connectivity index (χ2n) is 4.30. The molecule has 0 atom stereocenters. The van der Waals surface area contributed by atoms with Crippen molar-refractivity contribution in [3.8, 4) is 6.07 Å². The first-order chi connectivity index (χ1) is 9.61. The van der Waals surface area contributed by atoms with Crippen LogP contribution in [0.25, 0.3) is 0 Å². The van der Waals surface area contributed by atoms with Crippen LogP contribution in [0.5, 0.6) is 0 Å². The molecule has 1 fully saturated rings. The first-order valence-electron chi connectivity index (χ1n) is 6.12. The van der Waals surface area contributed by atoms with Crippen molar-refractivity contribution in [2.75, 3.05) is 31.5 Å². The van der Waals surface area contributed by atoms with Gasteiger partial charge in [-0.2, -0.15) is 5.26 Å². The highest BCUT2D eigenvalue weighted by Crippen LogP contribution is 2.20. The van der Waals surface area contributed by atoms with Gasteiger partial charge in [0.05, 0.1) is 10.6 Å².